The summed E-state index contributed by atoms with van der Waals surface area (Å²) in [5.41, 5.74) is 2.09. The van der Waals surface area contributed by atoms with E-state index in [1.165, 1.54) is 36.2 Å². The maximum Gasteiger partial charge on any atom is 0.295 e. The summed E-state index contributed by atoms with van der Waals surface area (Å²) in [5.74, 6) is -2.23. The second-order valence-electron chi connectivity index (χ2n) is 10.4. The standard InChI is InChI=1S/C31H32F2N2O4/c1-34(31(38)30(37)22-6-4-20(5-7-22)21-8-11-24(32)12-9-21)27(19-35-16-2-3-17-35)29(36)23-10-15-28(26(33)18-23)39-25-13-14-25/h4-12,15,18,25,27,29,36H,2-3,13-14,16-17,19H2,1H3. The highest BCUT2D eigenvalue weighted by atomic mass is 19.1. The fourth-order valence-corrected chi connectivity index (χ4v) is 4.94. The number of likely N-dealkylation sites (tertiary alicyclic amines) is 1. The van der Waals surface area contributed by atoms with E-state index in [0.29, 0.717) is 12.1 Å². The molecule has 0 radical (unpaired) electrons. The molecule has 5 rings (SSSR count). The van der Waals surface area contributed by atoms with Crippen LogP contribution < -0.4 is 4.74 Å². The third-order valence-corrected chi connectivity index (χ3v) is 7.46. The van der Waals surface area contributed by atoms with Crippen LogP contribution in [-0.2, 0) is 4.79 Å². The smallest absolute Gasteiger partial charge is 0.295 e. The van der Waals surface area contributed by atoms with Crippen molar-refractivity contribution < 1.29 is 28.2 Å². The number of carbonyl (C=O) groups excluding carboxylic acids is 2. The van der Waals surface area contributed by atoms with Crippen LogP contribution in [0.25, 0.3) is 11.1 Å². The molecule has 6 nitrogen and oxygen atoms in total. The molecule has 2 unspecified atom stereocenters. The number of likely N-dealkylation sites (N-methyl/N-ethyl adjacent to an activating group) is 1. The number of amides is 1. The molecule has 0 aromatic heterocycles. The third-order valence-electron chi connectivity index (χ3n) is 7.46. The molecule has 39 heavy (non-hydrogen) atoms. The first kappa shape index (κ1) is 27.0. The van der Waals surface area contributed by atoms with Gasteiger partial charge in [0.1, 0.15) is 11.9 Å². The lowest BCUT2D eigenvalue weighted by atomic mass is 9.98. The van der Waals surface area contributed by atoms with Crippen molar-refractivity contribution in [3.05, 3.63) is 89.5 Å². The molecule has 0 bridgehead atoms. The summed E-state index contributed by atoms with van der Waals surface area (Å²) in [4.78, 5) is 29.9. The first-order chi connectivity index (χ1) is 18.8. The lowest BCUT2D eigenvalue weighted by Crippen LogP contribution is -2.49. The van der Waals surface area contributed by atoms with Crippen molar-refractivity contribution in [1.82, 2.24) is 9.80 Å². The molecule has 2 fully saturated rings. The average molecular weight is 535 g/mol. The minimum absolute atomic E-state index is 0.0395. The molecule has 1 N–H and O–H groups in total. The summed E-state index contributed by atoms with van der Waals surface area (Å²) in [6, 6.07) is 16.1. The molecular formula is C31H32F2N2O4. The molecule has 2 atom stereocenters. The van der Waals surface area contributed by atoms with Gasteiger partial charge in [0.15, 0.2) is 11.6 Å². The summed E-state index contributed by atoms with van der Waals surface area (Å²) in [6.07, 6.45) is 2.66. The number of Topliss-reactive ketones (excluding diaryl/α,β-unsaturated/α-hetero) is 1. The van der Waals surface area contributed by atoms with Crippen molar-refractivity contribution in [3.8, 4) is 16.9 Å². The monoisotopic (exact) mass is 534 g/mol. The number of aliphatic hydroxyl groups excluding tert-OH is 1. The number of nitrogens with zero attached hydrogens (tertiary/aromatic N) is 2. The number of benzene rings is 3. The van der Waals surface area contributed by atoms with Gasteiger partial charge in [0, 0.05) is 19.2 Å². The quantitative estimate of drug-likeness (QED) is 0.293. The summed E-state index contributed by atoms with van der Waals surface area (Å²) in [6.45, 7) is 2.00. The summed E-state index contributed by atoms with van der Waals surface area (Å²) >= 11 is 0. The van der Waals surface area contributed by atoms with Crippen LogP contribution in [0.5, 0.6) is 5.75 Å². The molecule has 1 heterocycles. The van der Waals surface area contributed by atoms with Crippen LogP contribution in [0, 0.1) is 11.6 Å². The number of halogens is 2. The van der Waals surface area contributed by atoms with Crippen LogP contribution in [0.3, 0.4) is 0 Å². The van der Waals surface area contributed by atoms with E-state index >= 15 is 0 Å². The van der Waals surface area contributed by atoms with Gasteiger partial charge >= 0.3 is 0 Å². The number of ketones is 1. The van der Waals surface area contributed by atoms with E-state index in [2.05, 4.69) is 4.90 Å². The Morgan fingerprint density at radius 3 is 2.18 bits per heavy atom. The number of hydrogen-bond acceptors (Lipinski definition) is 5. The lowest BCUT2D eigenvalue weighted by molar-refractivity contribution is -0.130. The van der Waals surface area contributed by atoms with Gasteiger partial charge in [-0.05, 0) is 79.7 Å². The maximum atomic E-state index is 14.8. The Bertz CT molecular complexity index is 1320. The van der Waals surface area contributed by atoms with Crippen molar-refractivity contribution in [2.45, 2.75) is 43.9 Å². The highest BCUT2D eigenvalue weighted by Crippen LogP contribution is 2.31. The van der Waals surface area contributed by atoms with Gasteiger partial charge in [0.05, 0.1) is 12.1 Å². The van der Waals surface area contributed by atoms with Gasteiger partial charge in [-0.1, -0.05) is 42.5 Å². The number of carbonyl (C=O) groups is 2. The Labute approximate surface area is 226 Å². The van der Waals surface area contributed by atoms with Crippen LogP contribution in [0.15, 0.2) is 66.7 Å². The van der Waals surface area contributed by atoms with Gasteiger partial charge in [-0.2, -0.15) is 0 Å². The third kappa shape index (κ3) is 6.34. The van der Waals surface area contributed by atoms with Gasteiger partial charge in [-0.15, -0.1) is 0 Å². The van der Waals surface area contributed by atoms with E-state index in [4.69, 9.17) is 4.74 Å². The molecular weight excluding hydrogens is 502 g/mol. The maximum absolute atomic E-state index is 14.8. The fraction of sp³-hybridized carbons (Fsp3) is 0.355. The van der Waals surface area contributed by atoms with Gasteiger partial charge in [-0.25, -0.2) is 8.78 Å². The molecule has 1 aliphatic carbocycles. The molecule has 1 aliphatic heterocycles. The van der Waals surface area contributed by atoms with Crippen molar-refractivity contribution in [2.24, 2.45) is 0 Å². The number of hydrogen-bond donors (Lipinski definition) is 1. The molecule has 1 saturated carbocycles. The summed E-state index contributed by atoms with van der Waals surface area (Å²) < 4.78 is 33.6. The Hall–Kier alpha value is -3.62. The molecule has 2 aliphatic rings. The van der Waals surface area contributed by atoms with Crippen molar-refractivity contribution in [1.29, 1.82) is 0 Å². The molecule has 3 aromatic carbocycles. The minimum Gasteiger partial charge on any atom is -0.487 e. The zero-order valence-electron chi connectivity index (χ0n) is 21.9. The van der Waals surface area contributed by atoms with Gasteiger partial charge in [0.2, 0.25) is 5.78 Å². The van der Waals surface area contributed by atoms with Crippen molar-refractivity contribution in [3.63, 3.8) is 0 Å². The molecule has 3 aromatic rings. The molecule has 0 spiro atoms. The Balaban J connectivity index is 1.33. The van der Waals surface area contributed by atoms with Gasteiger partial charge in [0.25, 0.3) is 5.91 Å². The second-order valence-corrected chi connectivity index (χ2v) is 10.4. The Morgan fingerprint density at radius 1 is 0.974 bits per heavy atom. The van der Waals surface area contributed by atoms with Crippen LogP contribution in [0.4, 0.5) is 8.78 Å². The average Bonchev–Trinajstić information content (AvgIpc) is 3.62. The van der Waals surface area contributed by atoms with E-state index in [1.54, 1.807) is 42.5 Å². The summed E-state index contributed by atoms with van der Waals surface area (Å²) in [7, 11) is 1.50. The van der Waals surface area contributed by atoms with Crippen molar-refractivity contribution >= 4 is 11.7 Å². The highest BCUT2D eigenvalue weighted by molar-refractivity contribution is 6.42. The second kappa shape index (κ2) is 11.6. The number of ether oxygens (including phenoxy) is 1. The van der Waals surface area contributed by atoms with Crippen LogP contribution >= 0.6 is 0 Å². The van der Waals surface area contributed by atoms with E-state index in [9.17, 15) is 23.5 Å². The highest BCUT2D eigenvalue weighted by Gasteiger charge is 2.34. The number of rotatable bonds is 10. The van der Waals surface area contributed by atoms with Crippen LogP contribution in [-0.4, -0.2) is 65.4 Å². The predicted octanol–water partition coefficient (Wildman–Crippen LogP) is 5.01. The van der Waals surface area contributed by atoms with Crippen LogP contribution in [0.2, 0.25) is 0 Å². The van der Waals surface area contributed by atoms with E-state index in [1.807, 2.05) is 0 Å². The summed E-state index contributed by atoms with van der Waals surface area (Å²) in [5, 5.41) is 11.3. The SMILES string of the molecule is CN(C(=O)C(=O)c1ccc(-c2ccc(F)cc2)cc1)C(CN1CCCC1)C(O)c1ccc(OC2CC2)c(F)c1. The molecule has 204 valence electrons. The molecule has 8 heteroatoms. The Kier molecular flexibility index (Phi) is 8.04. The normalized spacial score (nSPS) is 17.0. The minimum atomic E-state index is -1.21. The van der Waals surface area contributed by atoms with Crippen LogP contribution in [0.1, 0.15) is 47.7 Å². The van der Waals surface area contributed by atoms with E-state index < -0.39 is 29.7 Å². The van der Waals surface area contributed by atoms with E-state index in [0.717, 1.165) is 49.9 Å². The van der Waals surface area contributed by atoms with Crippen molar-refractivity contribution in [2.75, 3.05) is 26.7 Å². The zero-order chi connectivity index (χ0) is 27.5. The molecule has 1 saturated heterocycles. The fourth-order valence-electron chi connectivity index (χ4n) is 4.94. The van der Waals surface area contributed by atoms with Gasteiger partial charge in [-0.3, -0.25) is 9.59 Å². The first-order valence-electron chi connectivity index (χ1n) is 13.3. The largest absolute Gasteiger partial charge is 0.487 e. The predicted molar refractivity (Wildman–Crippen MR) is 143 cm³/mol. The van der Waals surface area contributed by atoms with Gasteiger partial charge < -0.3 is 19.6 Å². The first-order valence-corrected chi connectivity index (χ1v) is 13.3. The topological polar surface area (TPSA) is 70.1 Å². The molecule has 1 amide bonds. The number of aliphatic hydroxyl groups is 1. The van der Waals surface area contributed by atoms with E-state index in [-0.39, 0.29) is 23.2 Å². The lowest BCUT2D eigenvalue weighted by Gasteiger charge is -2.34. The Morgan fingerprint density at radius 2 is 1.59 bits per heavy atom. The zero-order valence-corrected chi connectivity index (χ0v) is 21.9.